The largest absolute Gasteiger partial charge is 0.309 e. The summed E-state index contributed by atoms with van der Waals surface area (Å²) < 4.78 is 2.44. The Bertz CT molecular complexity index is 3550. The molecule has 0 fully saturated rings. The lowest BCUT2D eigenvalue weighted by Gasteiger charge is -2.14. The summed E-state index contributed by atoms with van der Waals surface area (Å²) in [5.41, 5.74) is 11.5. The summed E-state index contributed by atoms with van der Waals surface area (Å²) in [7, 11) is 0. The fraction of sp³-hybridized carbons (Fsp3) is 0. The van der Waals surface area contributed by atoms with E-state index in [1.165, 1.54) is 32.4 Å². The van der Waals surface area contributed by atoms with E-state index in [2.05, 4.69) is 156 Å². The molecule has 0 amide bonds. The van der Waals surface area contributed by atoms with Crippen molar-refractivity contribution < 1.29 is 0 Å². The van der Waals surface area contributed by atoms with Gasteiger partial charge in [0.25, 0.3) is 0 Å². The Morgan fingerprint density at radius 2 is 0.836 bits per heavy atom. The van der Waals surface area contributed by atoms with Crippen molar-refractivity contribution in [2.24, 2.45) is 0 Å². The maximum absolute atomic E-state index is 5.39. The van der Waals surface area contributed by atoms with Crippen LogP contribution >= 0.6 is 0 Å². The first kappa shape index (κ1) is 34.7. The van der Waals surface area contributed by atoms with Gasteiger partial charge in [0, 0.05) is 54.6 Å². The molecule has 284 valence electrons. The van der Waals surface area contributed by atoms with Gasteiger partial charge in [-0.2, -0.15) is 0 Å². The summed E-state index contributed by atoms with van der Waals surface area (Å²) in [6.45, 7) is 0. The first-order chi connectivity index (χ1) is 30.2. The smallest absolute Gasteiger partial charge is 0.164 e. The molecule has 0 aliphatic rings. The Morgan fingerprint density at radius 3 is 1.52 bits per heavy atom. The average Bonchev–Trinajstić information content (AvgIpc) is 3.68. The SMILES string of the molecule is c1ccc(-c2nc(-c3ccccc3)nc(-c3ccc(-c4ccc5nc(-c6ccccc6)c6ccc7c(c8ccccc8n7-c7cccc8ccccc78)c6c5c4)cc3)n2)cc1. The van der Waals surface area contributed by atoms with Crippen molar-refractivity contribution in [3.63, 3.8) is 0 Å². The van der Waals surface area contributed by atoms with Crippen LogP contribution in [0.1, 0.15) is 0 Å². The molecule has 12 aromatic rings. The predicted octanol–water partition coefficient (Wildman–Crippen LogP) is 14.2. The number of aromatic nitrogens is 5. The molecule has 0 saturated carbocycles. The second-order valence-corrected chi connectivity index (χ2v) is 15.4. The van der Waals surface area contributed by atoms with Crippen LogP contribution in [0.2, 0.25) is 0 Å². The van der Waals surface area contributed by atoms with Gasteiger partial charge in [-0.3, -0.25) is 0 Å². The third-order valence-corrected chi connectivity index (χ3v) is 11.8. The molecule has 0 unspecified atom stereocenters. The molecule has 0 aliphatic heterocycles. The van der Waals surface area contributed by atoms with Gasteiger partial charge in [-0.1, -0.05) is 182 Å². The zero-order valence-electron chi connectivity index (χ0n) is 32.9. The molecule has 0 aliphatic carbocycles. The van der Waals surface area contributed by atoms with Gasteiger partial charge in [-0.15, -0.1) is 0 Å². The Morgan fingerprint density at radius 1 is 0.295 bits per heavy atom. The normalized spacial score (nSPS) is 11.6. The molecular weight excluding hydrogens is 743 g/mol. The monoisotopic (exact) mass is 777 g/mol. The molecule has 0 bridgehead atoms. The van der Waals surface area contributed by atoms with E-state index in [0.717, 1.165) is 66.6 Å². The first-order valence-electron chi connectivity index (χ1n) is 20.6. The van der Waals surface area contributed by atoms with E-state index in [-0.39, 0.29) is 0 Å². The summed E-state index contributed by atoms with van der Waals surface area (Å²) in [5.74, 6) is 1.92. The molecule has 0 N–H and O–H groups in total. The summed E-state index contributed by atoms with van der Waals surface area (Å²) in [5, 5.41) is 8.29. The Balaban J connectivity index is 1.06. The van der Waals surface area contributed by atoms with Crippen LogP contribution in [0.4, 0.5) is 0 Å². The molecule has 3 heterocycles. The lowest BCUT2D eigenvalue weighted by molar-refractivity contribution is 1.07. The highest BCUT2D eigenvalue weighted by Crippen LogP contribution is 2.44. The van der Waals surface area contributed by atoms with Crippen LogP contribution in [0.3, 0.4) is 0 Å². The maximum atomic E-state index is 5.39. The number of hydrogen-bond acceptors (Lipinski definition) is 4. The minimum atomic E-state index is 0.631. The highest BCUT2D eigenvalue weighted by atomic mass is 15.0. The minimum Gasteiger partial charge on any atom is -0.309 e. The van der Waals surface area contributed by atoms with Crippen LogP contribution in [0.25, 0.3) is 116 Å². The molecule has 0 atom stereocenters. The van der Waals surface area contributed by atoms with E-state index in [1.807, 2.05) is 60.7 Å². The zero-order chi connectivity index (χ0) is 40.3. The van der Waals surface area contributed by atoms with Gasteiger partial charge in [0.2, 0.25) is 0 Å². The zero-order valence-corrected chi connectivity index (χ0v) is 32.9. The highest BCUT2D eigenvalue weighted by Gasteiger charge is 2.21. The Hall–Kier alpha value is -8.28. The Kier molecular flexibility index (Phi) is 8.10. The van der Waals surface area contributed by atoms with Crippen molar-refractivity contribution in [1.82, 2.24) is 24.5 Å². The molecule has 5 heteroatoms. The molecule has 0 spiro atoms. The van der Waals surface area contributed by atoms with Crippen molar-refractivity contribution in [2.75, 3.05) is 0 Å². The molecule has 12 rings (SSSR count). The number of hydrogen-bond donors (Lipinski definition) is 0. The Labute approximate surface area is 351 Å². The van der Waals surface area contributed by atoms with Crippen molar-refractivity contribution >= 4 is 54.3 Å². The molecule has 0 saturated heterocycles. The number of pyridine rings is 1. The predicted molar refractivity (Wildman–Crippen MR) is 252 cm³/mol. The molecular formula is C56H35N5. The fourth-order valence-electron chi connectivity index (χ4n) is 8.96. The van der Waals surface area contributed by atoms with Crippen molar-refractivity contribution in [1.29, 1.82) is 0 Å². The number of rotatable bonds is 6. The van der Waals surface area contributed by atoms with Gasteiger partial charge >= 0.3 is 0 Å². The second kappa shape index (κ2) is 14.2. The van der Waals surface area contributed by atoms with E-state index < -0.39 is 0 Å². The van der Waals surface area contributed by atoms with Gasteiger partial charge in [0.1, 0.15) is 0 Å². The van der Waals surface area contributed by atoms with Crippen molar-refractivity contribution in [2.45, 2.75) is 0 Å². The first-order valence-corrected chi connectivity index (χ1v) is 20.6. The summed E-state index contributed by atoms with van der Waals surface area (Å²) >= 11 is 0. The molecule has 5 nitrogen and oxygen atoms in total. The third kappa shape index (κ3) is 5.86. The number of benzene rings is 9. The minimum absolute atomic E-state index is 0.631. The second-order valence-electron chi connectivity index (χ2n) is 15.4. The highest BCUT2D eigenvalue weighted by molar-refractivity contribution is 6.30. The molecule has 9 aromatic carbocycles. The maximum Gasteiger partial charge on any atom is 0.164 e. The third-order valence-electron chi connectivity index (χ3n) is 11.8. The van der Waals surface area contributed by atoms with Crippen LogP contribution in [-0.4, -0.2) is 24.5 Å². The summed E-state index contributed by atoms with van der Waals surface area (Å²) in [6, 6.07) is 74.6. The van der Waals surface area contributed by atoms with Gasteiger partial charge in [0.05, 0.1) is 27.9 Å². The summed E-state index contributed by atoms with van der Waals surface area (Å²) in [6.07, 6.45) is 0. The van der Waals surface area contributed by atoms with Gasteiger partial charge in [-0.05, 0) is 46.8 Å². The quantitative estimate of drug-likeness (QED) is 0.158. The van der Waals surface area contributed by atoms with Crippen molar-refractivity contribution in [3.05, 3.63) is 212 Å². The van der Waals surface area contributed by atoms with Crippen LogP contribution in [0.15, 0.2) is 212 Å². The molecule has 61 heavy (non-hydrogen) atoms. The summed E-state index contributed by atoms with van der Waals surface area (Å²) in [4.78, 5) is 20.2. The molecule has 3 aromatic heterocycles. The fourth-order valence-corrected chi connectivity index (χ4v) is 8.96. The van der Waals surface area contributed by atoms with E-state index in [1.54, 1.807) is 0 Å². The topological polar surface area (TPSA) is 56.5 Å². The van der Waals surface area contributed by atoms with E-state index in [4.69, 9.17) is 19.9 Å². The number of nitrogens with zero attached hydrogens (tertiary/aromatic N) is 5. The van der Waals surface area contributed by atoms with Crippen LogP contribution in [0, 0.1) is 0 Å². The molecule has 0 radical (unpaired) electrons. The van der Waals surface area contributed by atoms with Gasteiger partial charge < -0.3 is 4.57 Å². The van der Waals surface area contributed by atoms with Crippen LogP contribution in [0.5, 0.6) is 0 Å². The van der Waals surface area contributed by atoms with E-state index in [0.29, 0.717) is 17.5 Å². The van der Waals surface area contributed by atoms with Crippen molar-refractivity contribution in [3.8, 4) is 62.2 Å². The number of para-hydroxylation sites is 1. The van der Waals surface area contributed by atoms with E-state index >= 15 is 0 Å². The lowest BCUT2D eigenvalue weighted by atomic mass is 9.94. The van der Waals surface area contributed by atoms with Crippen LogP contribution < -0.4 is 0 Å². The van der Waals surface area contributed by atoms with Crippen LogP contribution in [-0.2, 0) is 0 Å². The average molecular weight is 778 g/mol. The van der Waals surface area contributed by atoms with E-state index in [9.17, 15) is 0 Å². The number of fused-ring (bicyclic) bond motifs is 8. The lowest BCUT2D eigenvalue weighted by Crippen LogP contribution is -2.00. The van der Waals surface area contributed by atoms with Gasteiger partial charge in [0.15, 0.2) is 17.5 Å². The standard InChI is InChI=1S/C56H35N5/c1-4-16-38(17-5-1)53-45-32-34-50-52(44-24-12-13-25-49(44)61(50)48-26-14-22-37-15-10-11-23-43(37)48)51(45)46-35-42(31-33-47(46)57-53)36-27-29-41(30-28-36)56-59-54(39-18-6-2-7-19-39)58-55(60-56)40-20-8-3-9-21-40/h1-35H. The van der Waals surface area contributed by atoms with Gasteiger partial charge in [-0.25, -0.2) is 19.9 Å².